The molecule has 0 aliphatic carbocycles. The minimum Gasteiger partial charge on any atom is -0.481 e. The average Bonchev–Trinajstić information content (AvgIpc) is 1.87. The Labute approximate surface area is 70.6 Å². The molecule has 0 aliphatic rings. The summed E-state index contributed by atoms with van der Waals surface area (Å²) in [5.41, 5.74) is 0. The van der Waals surface area contributed by atoms with Gasteiger partial charge in [-0.3, -0.25) is 4.79 Å². The zero-order chi connectivity index (χ0) is 7.82. The largest absolute Gasteiger partial charge is 0.481 e. The third-order valence-corrected chi connectivity index (χ3v) is 1.49. The molecule has 63 valence electrons. The van der Waals surface area contributed by atoms with E-state index < -0.39 is 5.97 Å². The molecule has 0 atom stereocenters. The van der Waals surface area contributed by atoms with Crippen LogP contribution in [0.4, 0.5) is 0 Å². The molecular weight excluding hydrogens is 139 g/mol. The van der Waals surface area contributed by atoms with Gasteiger partial charge in [-0.15, -0.1) is 0 Å². The first-order valence-corrected chi connectivity index (χ1v) is 3.99. The monoisotopic (exact) mass is 155 g/mol. The summed E-state index contributed by atoms with van der Waals surface area (Å²) in [6.07, 6.45) is 5.88. The highest BCUT2D eigenvalue weighted by molar-refractivity contribution is 5.75. The zero-order valence-corrected chi connectivity index (χ0v) is 7.18. The summed E-state index contributed by atoms with van der Waals surface area (Å²) in [5.74, 6) is -0.670. The summed E-state index contributed by atoms with van der Waals surface area (Å²) in [6.45, 7) is 2.15. The van der Waals surface area contributed by atoms with E-state index in [9.17, 15) is 4.79 Å². The number of rotatable bonds is 6. The summed E-state index contributed by atoms with van der Waals surface area (Å²) in [7, 11) is 0. The van der Waals surface area contributed by atoms with E-state index in [0.717, 1.165) is 12.8 Å². The van der Waals surface area contributed by atoms with Crippen molar-refractivity contribution in [3.05, 3.63) is 0 Å². The highest BCUT2D eigenvalue weighted by atomic mass is 16.4. The van der Waals surface area contributed by atoms with Crippen LogP contribution in [0.2, 0.25) is 0 Å². The molecule has 0 fully saturated rings. The maximum Gasteiger partial charge on any atom is 0.303 e. The Morgan fingerprint density at radius 1 is 1.18 bits per heavy atom. The van der Waals surface area contributed by atoms with Gasteiger partial charge < -0.3 is 5.11 Å². The summed E-state index contributed by atoms with van der Waals surface area (Å²) < 4.78 is 0. The second kappa shape index (κ2) is 9.53. The Morgan fingerprint density at radius 2 is 1.73 bits per heavy atom. The van der Waals surface area contributed by atoms with Gasteiger partial charge in [0.05, 0.1) is 0 Å². The van der Waals surface area contributed by atoms with Gasteiger partial charge in [-0.25, -0.2) is 0 Å². The molecule has 3 radical (unpaired) electrons. The fourth-order valence-corrected chi connectivity index (χ4v) is 0.880. The fraction of sp³-hybridized carbons (Fsp3) is 0.875. The average molecular weight is 155 g/mol. The molecule has 0 spiro atoms. The second-order valence-electron chi connectivity index (χ2n) is 2.56. The molecule has 0 aromatic heterocycles. The number of carbonyl (C=O) groups is 1. The molecule has 0 aromatic carbocycles. The third-order valence-electron chi connectivity index (χ3n) is 1.49. The van der Waals surface area contributed by atoms with Crippen LogP contribution in [0.25, 0.3) is 0 Å². The van der Waals surface area contributed by atoms with Crippen molar-refractivity contribution in [2.75, 3.05) is 0 Å². The van der Waals surface area contributed by atoms with Crippen LogP contribution in [0.5, 0.6) is 0 Å². The topological polar surface area (TPSA) is 37.3 Å². The number of carboxylic acids is 1. The Kier molecular flexibility index (Phi) is 11.4. The van der Waals surface area contributed by atoms with Gasteiger partial charge in [0.25, 0.3) is 0 Å². The maximum atomic E-state index is 10.0. The van der Waals surface area contributed by atoms with Crippen molar-refractivity contribution in [2.24, 2.45) is 0 Å². The van der Waals surface area contributed by atoms with Crippen LogP contribution in [0.1, 0.15) is 45.4 Å². The van der Waals surface area contributed by atoms with Crippen molar-refractivity contribution in [3.8, 4) is 0 Å². The molecule has 0 rings (SSSR count). The minimum atomic E-state index is -0.670. The van der Waals surface area contributed by atoms with Gasteiger partial charge in [-0.2, -0.15) is 0 Å². The predicted molar refractivity (Wildman–Crippen MR) is 46.8 cm³/mol. The quantitative estimate of drug-likeness (QED) is 0.470. The highest BCUT2D eigenvalue weighted by Crippen LogP contribution is 2.04. The molecular formula is C8H16BO2. The molecule has 0 aromatic rings. The lowest BCUT2D eigenvalue weighted by atomic mass is 10.1. The van der Waals surface area contributed by atoms with Crippen LogP contribution in [0.3, 0.4) is 0 Å². The molecule has 11 heavy (non-hydrogen) atoms. The lowest BCUT2D eigenvalue weighted by Crippen LogP contribution is -1.93. The Balaban J connectivity index is 0. The summed E-state index contributed by atoms with van der Waals surface area (Å²) in [6, 6.07) is 0. The molecule has 0 bridgehead atoms. The molecule has 3 heteroatoms. The van der Waals surface area contributed by atoms with E-state index in [1.54, 1.807) is 0 Å². The van der Waals surface area contributed by atoms with Crippen LogP contribution in [-0.2, 0) is 4.79 Å². The lowest BCUT2D eigenvalue weighted by molar-refractivity contribution is -0.137. The maximum absolute atomic E-state index is 10.0. The molecule has 0 saturated carbocycles. The van der Waals surface area contributed by atoms with Crippen LogP contribution in [0, 0.1) is 0 Å². The first-order valence-electron chi connectivity index (χ1n) is 3.99. The van der Waals surface area contributed by atoms with Gasteiger partial charge in [0, 0.05) is 14.8 Å². The molecule has 2 nitrogen and oxygen atoms in total. The van der Waals surface area contributed by atoms with Crippen molar-refractivity contribution in [3.63, 3.8) is 0 Å². The summed E-state index contributed by atoms with van der Waals surface area (Å²) in [4.78, 5) is 10.0. The van der Waals surface area contributed by atoms with Gasteiger partial charge in [0.1, 0.15) is 0 Å². The van der Waals surface area contributed by atoms with Crippen molar-refractivity contribution < 1.29 is 9.90 Å². The van der Waals surface area contributed by atoms with Crippen molar-refractivity contribution in [2.45, 2.75) is 45.4 Å². The first-order chi connectivity index (χ1) is 4.77. The van der Waals surface area contributed by atoms with Crippen LogP contribution >= 0.6 is 0 Å². The molecule has 0 unspecified atom stereocenters. The molecule has 0 heterocycles. The fourth-order valence-electron chi connectivity index (χ4n) is 0.880. The summed E-state index contributed by atoms with van der Waals surface area (Å²) >= 11 is 0. The molecule has 0 saturated heterocycles. The van der Waals surface area contributed by atoms with Crippen molar-refractivity contribution in [1.82, 2.24) is 0 Å². The smallest absolute Gasteiger partial charge is 0.303 e. The number of hydrogen-bond donors (Lipinski definition) is 1. The SMILES string of the molecule is CCCCCCCC(=O)O.[B]. The van der Waals surface area contributed by atoms with Gasteiger partial charge in [-0.1, -0.05) is 32.6 Å². The van der Waals surface area contributed by atoms with Crippen molar-refractivity contribution >= 4 is 14.4 Å². The normalized spacial score (nSPS) is 8.82. The van der Waals surface area contributed by atoms with E-state index in [2.05, 4.69) is 6.92 Å². The third kappa shape index (κ3) is 12.7. The second-order valence-corrected chi connectivity index (χ2v) is 2.56. The Morgan fingerprint density at radius 3 is 2.18 bits per heavy atom. The van der Waals surface area contributed by atoms with E-state index in [1.165, 1.54) is 19.3 Å². The van der Waals surface area contributed by atoms with Gasteiger partial charge in [0.15, 0.2) is 0 Å². The summed E-state index contributed by atoms with van der Waals surface area (Å²) in [5, 5.41) is 8.27. The minimum absolute atomic E-state index is 0. The van der Waals surface area contributed by atoms with Gasteiger partial charge >= 0.3 is 5.97 Å². The number of hydrogen-bond acceptors (Lipinski definition) is 1. The van der Waals surface area contributed by atoms with E-state index in [1.807, 2.05) is 0 Å². The standard InChI is InChI=1S/C8H16O2.B/c1-2-3-4-5-6-7-8(9)10;/h2-7H2,1H3,(H,9,10);. The van der Waals surface area contributed by atoms with Crippen LogP contribution in [0.15, 0.2) is 0 Å². The number of unbranched alkanes of at least 4 members (excludes halogenated alkanes) is 4. The Bertz CT molecular complexity index is 94.1. The molecule has 1 N–H and O–H groups in total. The van der Waals surface area contributed by atoms with Crippen molar-refractivity contribution in [1.29, 1.82) is 0 Å². The number of aliphatic carboxylic acids is 1. The van der Waals surface area contributed by atoms with E-state index >= 15 is 0 Å². The van der Waals surface area contributed by atoms with E-state index in [0.29, 0.717) is 6.42 Å². The molecule has 0 aliphatic heterocycles. The van der Waals surface area contributed by atoms with Gasteiger partial charge in [0.2, 0.25) is 0 Å². The molecule has 0 amide bonds. The Hall–Kier alpha value is -0.465. The van der Waals surface area contributed by atoms with Gasteiger partial charge in [-0.05, 0) is 6.42 Å². The van der Waals surface area contributed by atoms with Crippen LogP contribution < -0.4 is 0 Å². The highest BCUT2D eigenvalue weighted by Gasteiger charge is 1.94. The van der Waals surface area contributed by atoms with Crippen LogP contribution in [-0.4, -0.2) is 19.5 Å². The zero-order valence-electron chi connectivity index (χ0n) is 7.18. The van der Waals surface area contributed by atoms with E-state index in [-0.39, 0.29) is 8.41 Å². The van der Waals surface area contributed by atoms with E-state index in [4.69, 9.17) is 5.11 Å². The number of carboxylic acid groups (broad SMARTS) is 1. The predicted octanol–water partition coefficient (Wildman–Crippen LogP) is 2.05. The lowest BCUT2D eigenvalue weighted by Gasteiger charge is -1.95. The first kappa shape index (κ1) is 13.1.